The summed E-state index contributed by atoms with van der Waals surface area (Å²) in [5.41, 5.74) is 1.69. The number of ether oxygens (including phenoxy) is 1. The number of esters is 1. The quantitative estimate of drug-likeness (QED) is 0.249. The van der Waals surface area contributed by atoms with E-state index in [1.165, 1.54) is 18.0 Å². The first kappa shape index (κ1) is 23.1. The van der Waals surface area contributed by atoms with Gasteiger partial charge in [0.2, 0.25) is 5.91 Å². The van der Waals surface area contributed by atoms with Gasteiger partial charge >= 0.3 is 5.97 Å². The second kappa shape index (κ2) is 11.8. The zero-order valence-electron chi connectivity index (χ0n) is 17.6. The van der Waals surface area contributed by atoms with Crippen LogP contribution in [0, 0.1) is 0 Å². The Kier molecular flexibility index (Phi) is 8.51. The Balaban J connectivity index is 1.43. The van der Waals surface area contributed by atoms with Gasteiger partial charge in [-0.3, -0.25) is 9.59 Å². The molecule has 3 aromatic rings. The minimum absolute atomic E-state index is 0.163. The Hall–Kier alpha value is -3.52. The van der Waals surface area contributed by atoms with E-state index in [0.29, 0.717) is 23.5 Å². The lowest BCUT2D eigenvalue weighted by atomic mass is 10.2. The predicted octanol–water partition coefficient (Wildman–Crippen LogP) is 5.22. The van der Waals surface area contributed by atoms with Gasteiger partial charge in [0.15, 0.2) is 5.76 Å². The fourth-order valence-corrected chi connectivity index (χ4v) is 3.36. The molecule has 0 atom stereocenters. The highest BCUT2D eigenvalue weighted by molar-refractivity contribution is 8.00. The van der Waals surface area contributed by atoms with Crippen molar-refractivity contribution in [1.29, 1.82) is 0 Å². The molecule has 0 fully saturated rings. The molecule has 0 saturated heterocycles. The summed E-state index contributed by atoms with van der Waals surface area (Å²) < 4.78 is 10.2. The van der Waals surface area contributed by atoms with Crippen LogP contribution in [0.25, 0.3) is 0 Å². The van der Waals surface area contributed by atoms with Crippen molar-refractivity contribution in [3.8, 4) is 0 Å². The van der Waals surface area contributed by atoms with Gasteiger partial charge in [-0.25, -0.2) is 4.79 Å². The zero-order chi connectivity index (χ0) is 22.8. The maximum atomic E-state index is 12.2. The molecule has 0 unspecified atom stereocenters. The predicted molar refractivity (Wildman–Crippen MR) is 124 cm³/mol. The highest BCUT2D eigenvalue weighted by Crippen LogP contribution is 2.21. The van der Waals surface area contributed by atoms with E-state index in [4.69, 9.17) is 9.15 Å². The van der Waals surface area contributed by atoms with Crippen LogP contribution in [0.15, 0.2) is 76.2 Å². The van der Waals surface area contributed by atoms with Gasteiger partial charge < -0.3 is 19.8 Å². The van der Waals surface area contributed by atoms with Crippen LogP contribution in [0.2, 0.25) is 0 Å². The van der Waals surface area contributed by atoms with Crippen LogP contribution in [-0.2, 0) is 9.53 Å². The summed E-state index contributed by atoms with van der Waals surface area (Å²) in [6.07, 6.45) is 3.24. The summed E-state index contributed by atoms with van der Waals surface area (Å²) in [5.74, 6) is -0.394. The minimum atomic E-state index is -0.365. The molecule has 32 heavy (non-hydrogen) atoms. The van der Waals surface area contributed by atoms with Crippen molar-refractivity contribution in [2.45, 2.75) is 24.7 Å². The topological polar surface area (TPSA) is 97.6 Å². The number of hydrogen-bond acceptors (Lipinski definition) is 6. The van der Waals surface area contributed by atoms with Gasteiger partial charge in [-0.1, -0.05) is 13.3 Å². The van der Waals surface area contributed by atoms with Crippen molar-refractivity contribution in [1.82, 2.24) is 0 Å². The number of unbranched alkanes of at least 4 members (excludes halogenated alkanes) is 1. The molecule has 2 aromatic carbocycles. The van der Waals surface area contributed by atoms with Crippen LogP contribution in [0.3, 0.4) is 0 Å². The number of anilines is 2. The molecule has 0 radical (unpaired) electrons. The Morgan fingerprint density at radius 1 is 0.938 bits per heavy atom. The molecule has 3 rings (SSSR count). The molecule has 2 amide bonds. The van der Waals surface area contributed by atoms with E-state index in [-0.39, 0.29) is 29.3 Å². The number of rotatable bonds is 10. The molecule has 0 aliphatic rings. The van der Waals surface area contributed by atoms with Gasteiger partial charge in [0.1, 0.15) is 0 Å². The molecule has 7 nitrogen and oxygen atoms in total. The summed E-state index contributed by atoms with van der Waals surface area (Å²) in [6.45, 7) is 2.43. The second-order valence-electron chi connectivity index (χ2n) is 6.86. The lowest BCUT2D eigenvalue weighted by molar-refractivity contribution is -0.113. The first-order valence-electron chi connectivity index (χ1n) is 10.2. The second-order valence-corrected chi connectivity index (χ2v) is 7.91. The number of carbonyl (C=O) groups excluding carboxylic acids is 3. The molecule has 0 spiro atoms. The average Bonchev–Trinajstić information content (AvgIpc) is 3.34. The lowest BCUT2D eigenvalue weighted by Crippen LogP contribution is -2.14. The van der Waals surface area contributed by atoms with Crippen LogP contribution >= 0.6 is 11.8 Å². The van der Waals surface area contributed by atoms with E-state index in [1.807, 2.05) is 19.1 Å². The molecular formula is C24H24N2O5S. The number of carbonyl (C=O) groups is 3. The normalized spacial score (nSPS) is 10.4. The van der Waals surface area contributed by atoms with Gasteiger partial charge in [-0.15, -0.1) is 11.8 Å². The largest absolute Gasteiger partial charge is 0.462 e. The van der Waals surface area contributed by atoms with E-state index >= 15 is 0 Å². The van der Waals surface area contributed by atoms with Crippen molar-refractivity contribution < 1.29 is 23.5 Å². The van der Waals surface area contributed by atoms with Crippen LogP contribution in [-0.4, -0.2) is 30.1 Å². The lowest BCUT2D eigenvalue weighted by Gasteiger charge is -2.08. The molecule has 0 aliphatic heterocycles. The van der Waals surface area contributed by atoms with Crippen molar-refractivity contribution >= 4 is 40.9 Å². The fraction of sp³-hybridized carbons (Fsp3) is 0.208. The standard InChI is InChI=1S/C24H24N2O5S/c1-2-3-14-31-24(29)17-6-8-18(9-7-17)25-22(27)16-32-20-12-10-19(11-13-20)26-23(28)21-5-4-15-30-21/h4-13,15H,2-3,14,16H2,1H3,(H,25,27)(H,26,28). The Morgan fingerprint density at radius 3 is 2.28 bits per heavy atom. The van der Waals surface area contributed by atoms with Crippen LogP contribution in [0.1, 0.15) is 40.7 Å². The Morgan fingerprint density at radius 2 is 1.62 bits per heavy atom. The van der Waals surface area contributed by atoms with Gasteiger partial charge in [-0.2, -0.15) is 0 Å². The van der Waals surface area contributed by atoms with Gasteiger partial charge in [-0.05, 0) is 67.1 Å². The molecule has 0 aliphatic carbocycles. The first-order valence-corrected chi connectivity index (χ1v) is 11.2. The monoisotopic (exact) mass is 452 g/mol. The summed E-state index contributed by atoms with van der Waals surface area (Å²) in [6, 6.07) is 17.0. The molecule has 1 heterocycles. The highest BCUT2D eigenvalue weighted by Gasteiger charge is 2.10. The highest BCUT2D eigenvalue weighted by atomic mass is 32.2. The molecule has 0 bridgehead atoms. The van der Waals surface area contributed by atoms with Gasteiger partial charge in [0.25, 0.3) is 5.91 Å². The maximum Gasteiger partial charge on any atom is 0.338 e. The summed E-state index contributed by atoms with van der Waals surface area (Å²) in [4.78, 5) is 37.0. The van der Waals surface area contributed by atoms with E-state index in [2.05, 4.69) is 10.6 Å². The van der Waals surface area contributed by atoms with E-state index in [1.54, 1.807) is 48.5 Å². The molecular weight excluding hydrogens is 428 g/mol. The number of hydrogen-bond donors (Lipinski definition) is 2. The zero-order valence-corrected chi connectivity index (χ0v) is 18.4. The number of benzene rings is 2. The number of nitrogens with one attached hydrogen (secondary N) is 2. The van der Waals surface area contributed by atoms with Crippen molar-refractivity contribution in [2.24, 2.45) is 0 Å². The smallest absolute Gasteiger partial charge is 0.338 e. The third kappa shape index (κ3) is 7.02. The van der Waals surface area contributed by atoms with Crippen LogP contribution in [0.5, 0.6) is 0 Å². The summed E-state index contributed by atoms with van der Waals surface area (Å²) in [7, 11) is 0. The Labute approximate surface area is 190 Å². The molecule has 166 valence electrons. The third-order valence-electron chi connectivity index (χ3n) is 4.36. The van der Waals surface area contributed by atoms with Gasteiger partial charge in [0, 0.05) is 16.3 Å². The number of furan rings is 1. The van der Waals surface area contributed by atoms with Crippen LogP contribution < -0.4 is 10.6 Å². The third-order valence-corrected chi connectivity index (χ3v) is 5.37. The number of thioether (sulfide) groups is 1. The summed E-state index contributed by atoms with van der Waals surface area (Å²) >= 11 is 1.37. The summed E-state index contributed by atoms with van der Waals surface area (Å²) in [5, 5.41) is 5.55. The molecule has 8 heteroatoms. The van der Waals surface area contributed by atoms with Crippen LogP contribution in [0.4, 0.5) is 11.4 Å². The Bertz CT molecular complexity index is 1030. The fourth-order valence-electron chi connectivity index (χ4n) is 2.66. The number of amides is 2. The van der Waals surface area contributed by atoms with Crippen molar-refractivity contribution in [2.75, 3.05) is 23.0 Å². The SMILES string of the molecule is CCCCOC(=O)c1ccc(NC(=O)CSc2ccc(NC(=O)c3ccco3)cc2)cc1. The molecule has 2 N–H and O–H groups in total. The molecule has 0 saturated carbocycles. The van der Waals surface area contributed by atoms with Crippen molar-refractivity contribution in [3.05, 3.63) is 78.3 Å². The van der Waals surface area contributed by atoms with E-state index < -0.39 is 0 Å². The first-order chi connectivity index (χ1) is 15.5. The minimum Gasteiger partial charge on any atom is -0.462 e. The van der Waals surface area contributed by atoms with E-state index in [9.17, 15) is 14.4 Å². The molecule has 1 aromatic heterocycles. The van der Waals surface area contributed by atoms with Gasteiger partial charge in [0.05, 0.1) is 24.2 Å². The van der Waals surface area contributed by atoms with E-state index in [0.717, 1.165) is 17.7 Å². The average molecular weight is 453 g/mol. The maximum absolute atomic E-state index is 12.2. The van der Waals surface area contributed by atoms with Crippen molar-refractivity contribution in [3.63, 3.8) is 0 Å².